The maximum Gasteiger partial charge on any atom is 0.310 e. The lowest BCUT2D eigenvalue weighted by atomic mass is 9.98. The predicted octanol–water partition coefficient (Wildman–Crippen LogP) is 2.01. The first kappa shape index (κ1) is 21.8. The second kappa shape index (κ2) is 10.8. The fraction of sp³-hybridized carbons (Fsp3) is 0.522. The number of likely N-dealkylation sites (tertiary alicyclic amines) is 1. The quantitative estimate of drug-likeness (QED) is 0.406. The highest BCUT2D eigenvalue weighted by Gasteiger charge is 2.28. The maximum absolute atomic E-state index is 12.9. The number of ether oxygens (including phenoxy) is 1. The van der Waals surface area contributed by atoms with E-state index in [2.05, 4.69) is 23.1 Å². The lowest BCUT2D eigenvalue weighted by molar-refractivity contribution is -0.149. The molecule has 0 bridgehead atoms. The van der Waals surface area contributed by atoms with E-state index >= 15 is 0 Å². The topological polar surface area (TPSA) is 76.9 Å². The third-order valence-electron chi connectivity index (χ3n) is 5.64. The number of piperazine rings is 1. The van der Waals surface area contributed by atoms with E-state index in [9.17, 15) is 14.9 Å². The van der Waals surface area contributed by atoms with Crippen molar-refractivity contribution in [2.24, 2.45) is 5.92 Å². The number of hydrogen-bond acceptors (Lipinski definition) is 6. The van der Waals surface area contributed by atoms with E-state index in [-0.39, 0.29) is 23.4 Å². The Morgan fingerprint density at radius 3 is 2.57 bits per heavy atom. The van der Waals surface area contributed by atoms with Gasteiger partial charge in [-0.25, -0.2) is 0 Å². The molecule has 0 aliphatic carbocycles. The number of hydrogen-bond donors (Lipinski definition) is 0. The Morgan fingerprint density at radius 2 is 1.90 bits per heavy atom. The summed E-state index contributed by atoms with van der Waals surface area (Å²) < 4.78 is 5.13. The summed E-state index contributed by atoms with van der Waals surface area (Å²) >= 11 is 0. The zero-order chi connectivity index (χ0) is 21.3. The number of nitrogens with zero attached hydrogens (tertiary/aromatic N) is 4. The largest absolute Gasteiger partial charge is 0.466 e. The molecule has 1 unspecified atom stereocenters. The summed E-state index contributed by atoms with van der Waals surface area (Å²) in [6.07, 6.45) is 3.25. The number of esters is 1. The van der Waals surface area contributed by atoms with Gasteiger partial charge in [-0.15, -0.1) is 0 Å². The summed E-state index contributed by atoms with van der Waals surface area (Å²) in [6, 6.07) is 12.4. The normalized spacial score (nSPS) is 20.5. The first-order valence-electron chi connectivity index (χ1n) is 10.7. The molecule has 1 atom stereocenters. The maximum atomic E-state index is 12.9. The van der Waals surface area contributed by atoms with Crippen LogP contribution in [-0.2, 0) is 20.9 Å². The second-order valence-corrected chi connectivity index (χ2v) is 7.79. The molecule has 0 spiro atoms. The second-order valence-electron chi connectivity index (χ2n) is 7.79. The van der Waals surface area contributed by atoms with Crippen molar-refractivity contribution in [3.8, 4) is 6.07 Å². The van der Waals surface area contributed by atoms with Gasteiger partial charge in [0.2, 0.25) is 0 Å². The summed E-state index contributed by atoms with van der Waals surface area (Å²) in [7, 11) is 0. The lowest BCUT2D eigenvalue weighted by Crippen LogP contribution is -2.48. The minimum Gasteiger partial charge on any atom is -0.466 e. The first-order chi connectivity index (χ1) is 14.6. The van der Waals surface area contributed by atoms with Crippen molar-refractivity contribution in [3.05, 3.63) is 47.7 Å². The molecule has 0 saturated carbocycles. The molecule has 2 saturated heterocycles. The highest BCUT2D eigenvalue weighted by atomic mass is 16.5. The summed E-state index contributed by atoms with van der Waals surface area (Å²) in [5.74, 6) is -0.628. The molecular weight excluding hydrogens is 380 g/mol. The molecule has 1 aromatic rings. The van der Waals surface area contributed by atoms with Gasteiger partial charge in [0.25, 0.3) is 5.91 Å². The molecule has 2 heterocycles. The Labute approximate surface area is 178 Å². The van der Waals surface area contributed by atoms with Crippen molar-refractivity contribution in [2.45, 2.75) is 26.3 Å². The molecule has 2 aliphatic heterocycles. The van der Waals surface area contributed by atoms with E-state index in [1.165, 1.54) is 5.56 Å². The molecular formula is C23H30N4O3. The van der Waals surface area contributed by atoms with Crippen molar-refractivity contribution in [1.82, 2.24) is 14.7 Å². The van der Waals surface area contributed by atoms with Gasteiger partial charge in [-0.05, 0) is 25.3 Å². The van der Waals surface area contributed by atoms with Crippen LogP contribution in [-0.4, -0.2) is 72.5 Å². The Bertz CT molecular complexity index is 794. The number of piperidine rings is 1. The van der Waals surface area contributed by atoms with E-state index in [0.29, 0.717) is 26.2 Å². The van der Waals surface area contributed by atoms with Crippen molar-refractivity contribution < 1.29 is 14.3 Å². The molecule has 1 amide bonds. The average Bonchev–Trinajstić information content (AvgIpc) is 2.78. The van der Waals surface area contributed by atoms with Crippen molar-refractivity contribution in [3.63, 3.8) is 0 Å². The molecule has 1 aromatic carbocycles. The van der Waals surface area contributed by atoms with Gasteiger partial charge in [-0.2, -0.15) is 5.26 Å². The summed E-state index contributed by atoms with van der Waals surface area (Å²) in [6.45, 7) is 7.04. The molecule has 3 rings (SSSR count). The van der Waals surface area contributed by atoms with Crippen LogP contribution in [0, 0.1) is 17.2 Å². The number of nitriles is 1. The molecule has 0 aromatic heterocycles. The third kappa shape index (κ3) is 5.83. The Balaban J connectivity index is 1.54. The third-order valence-corrected chi connectivity index (χ3v) is 5.64. The standard InChI is InChI=1S/C23H30N4O3/c1-2-30-23(29)20-9-6-10-26(17-20)18-21(15-24)22(28)27-13-11-25(12-14-27)16-19-7-4-3-5-8-19/h3-5,7-8,18,20H,2,6,9-14,16-17H2,1H3/b21-18-. The van der Waals surface area contributed by atoms with Crippen LogP contribution < -0.4 is 0 Å². The van der Waals surface area contributed by atoms with E-state index in [1.807, 2.05) is 23.1 Å². The van der Waals surface area contributed by atoms with Crippen molar-refractivity contribution in [2.75, 3.05) is 45.9 Å². The molecule has 7 nitrogen and oxygen atoms in total. The molecule has 2 aliphatic rings. The van der Waals surface area contributed by atoms with E-state index < -0.39 is 0 Å². The summed E-state index contributed by atoms with van der Waals surface area (Å²) in [5.41, 5.74) is 1.40. The van der Waals surface area contributed by atoms with Crippen LogP contribution in [0.3, 0.4) is 0 Å². The van der Waals surface area contributed by atoms with Gasteiger partial charge in [0.1, 0.15) is 11.6 Å². The van der Waals surface area contributed by atoms with Gasteiger partial charge < -0.3 is 14.5 Å². The molecule has 7 heteroatoms. The number of amides is 1. The van der Waals surface area contributed by atoms with Crippen molar-refractivity contribution in [1.29, 1.82) is 5.26 Å². The fourth-order valence-electron chi connectivity index (χ4n) is 4.01. The van der Waals surface area contributed by atoms with Crippen LogP contribution in [0.25, 0.3) is 0 Å². The van der Waals surface area contributed by atoms with Gasteiger partial charge >= 0.3 is 5.97 Å². The van der Waals surface area contributed by atoms with Crippen LogP contribution in [0.1, 0.15) is 25.3 Å². The van der Waals surface area contributed by atoms with Crippen LogP contribution in [0.4, 0.5) is 0 Å². The highest BCUT2D eigenvalue weighted by molar-refractivity contribution is 5.97. The van der Waals surface area contributed by atoms with Crippen LogP contribution in [0.5, 0.6) is 0 Å². The zero-order valence-corrected chi connectivity index (χ0v) is 17.6. The molecule has 0 N–H and O–H groups in total. The smallest absolute Gasteiger partial charge is 0.310 e. The molecule has 30 heavy (non-hydrogen) atoms. The molecule has 2 fully saturated rings. The van der Waals surface area contributed by atoms with Gasteiger partial charge in [-0.3, -0.25) is 14.5 Å². The highest BCUT2D eigenvalue weighted by Crippen LogP contribution is 2.19. The predicted molar refractivity (Wildman–Crippen MR) is 113 cm³/mol. The number of carbonyl (C=O) groups excluding carboxylic acids is 2. The average molecular weight is 411 g/mol. The van der Waals surface area contributed by atoms with E-state index in [0.717, 1.165) is 39.0 Å². The SMILES string of the molecule is CCOC(=O)C1CCCN(/C=C(/C#N)C(=O)N2CCN(Cc3ccccc3)CC2)C1. The minimum absolute atomic E-state index is 0.135. The van der Waals surface area contributed by atoms with Gasteiger partial charge in [0, 0.05) is 52.0 Å². The Kier molecular flexibility index (Phi) is 7.86. The summed E-state index contributed by atoms with van der Waals surface area (Å²) in [5, 5.41) is 9.57. The molecule has 160 valence electrons. The number of rotatable bonds is 6. The lowest BCUT2D eigenvalue weighted by Gasteiger charge is -2.35. The first-order valence-corrected chi connectivity index (χ1v) is 10.7. The van der Waals surface area contributed by atoms with Crippen LogP contribution in [0.2, 0.25) is 0 Å². The minimum atomic E-state index is -0.227. The van der Waals surface area contributed by atoms with E-state index in [4.69, 9.17) is 4.74 Å². The fourth-order valence-corrected chi connectivity index (χ4v) is 4.01. The van der Waals surface area contributed by atoms with Gasteiger partial charge in [0.05, 0.1) is 12.5 Å². The van der Waals surface area contributed by atoms with Crippen LogP contribution in [0.15, 0.2) is 42.1 Å². The zero-order valence-electron chi connectivity index (χ0n) is 17.6. The Hall–Kier alpha value is -2.85. The number of carbonyl (C=O) groups is 2. The monoisotopic (exact) mass is 410 g/mol. The van der Waals surface area contributed by atoms with Gasteiger partial charge in [-0.1, -0.05) is 30.3 Å². The Morgan fingerprint density at radius 1 is 1.17 bits per heavy atom. The number of benzene rings is 1. The summed E-state index contributed by atoms with van der Waals surface area (Å²) in [4.78, 5) is 30.9. The van der Waals surface area contributed by atoms with Crippen molar-refractivity contribution >= 4 is 11.9 Å². The van der Waals surface area contributed by atoms with Crippen LogP contribution >= 0.6 is 0 Å². The molecule has 0 radical (unpaired) electrons. The van der Waals surface area contributed by atoms with Gasteiger partial charge in [0.15, 0.2) is 0 Å². The van der Waals surface area contributed by atoms with E-state index in [1.54, 1.807) is 18.0 Å².